The number of nitrogens with zero attached hydrogens (tertiary/aromatic N) is 1. The number of benzene rings is 2. The fourth-order valence-electron chi connectivity index (χ4n) is 3.25. The Labute approximate surface area is 173 Å². The van der Waals surface area contributed by atoms with Crippen LogP contribution < -0.4 is 15.4 Å². The van der Waals surface area contributed by atoms with Crippen LogP contribution in [0.3, 0.4) is 0 Å². The first-order chi connectivity index (χ1) is 14.2. The van der Waals surface area contributed by atoms with Crippen LogP contribution >= 0.6 is 0 Å². The number of guanidine groups is 1. The topological polar surface area (TPSA) is 75.1 Å². The van der Waals surface area contributed by atoms with Gasteiger partial charge in [-0.1, -0.05) is 48.5 Å². The molecule has 156 valence electrons. The highest BCUT2D eigenvalue weighted by Gasteiger charge is 2.22. The zero-order chi connectivity index (χ0) is 20.5. The van der Waals surface area contributed by atoms with Gasteiger partial charge < -0.3 is 25.2 Å². The van der Waals surface area contributed by atoms with Crippen LogP contribution in [0.1, 0.15) is 31.1 Å². The van der Waals surface area contributed by atoms with Crippen LogP contribution in [0, 0.1) is 0 Å². The molecule has 0 spiro atoms. The lowest BCUT2D eigenvalue weighted by Crippen LogP contribution is -2.42. The number of hydrogen-bond donors (Lipinski definition) is 3. The molecule has 6 nitrogen and oxygen atoms in total. The summed E-state index contributed by atoms with van der Waals surface area (Å²) in [6.07, 6.45) is 0.235. The van der Waals surface area contributed by atoms with Gasteiger partial charge >= 0.3 is 0 Å². The second-order valence-corrected chi connectivity index (χ2v) is 7.19. The van der Waals surface area contributed by atoms with Crippen molar-refractivity contribution in [1.82, 2.24) is 10.6 Å². The fourth-order valence-corrected chi connectivity index (χ4v) is 3.25. The molecule has 1 aliphatic heterocycles. The maximum atomic E-state index is 10.2. The van der Waals surface area contributed by atoms with Gasteiger partial charge in [-0.3, -0.25) is 4.99 Å². The van der Waals surface area contributed by atoms with E-state index in [4.69, 9.17) is 9.47 Å². The highest BCUT2D eigenvalue weighted by molar-refractivity contribution is 5.79. The first-order valence-corrected chi connectivity index (χ1v) is 10.3. The fraction of sp³-hybridized carbons (Fsp3) is 0.435. The largest absolute Gasteiger partial charge is 0.488 e. The first kappa shape index (κ1) is 21.1. The summed E-state index contributed by atoms with van der Waals surface area (Å²) in [5, 5.41) is 16.8. The van der Waals surface area contributed by atoms with E-state index < -0.39 is 6.10 Å². The maximum absolute atomic E-state index is 10.2. The second kappa shape index (κ2) is 10.8. The molecule has 3 rings (SSSR count). The van der Waals surface area contributed by atoms with E-state index in [9.17, 15) is 5.11 Å². The summed E-state index contributed by atoms with van der Waals surface area (Å²) < 4.78 is 11.7. The summed E-state index contributed by atoms with van der Waals surface area (Å²) in [6, 6.07) is 18.1. The van der Waals surface area contributed by atoms with Crippen LogP contribution in [0.5, 0.6) is 5.75 Å². The Morgan fingerprint density at radius 3 is 2.69 bits per heavy atom. The quantitative estimate of drug-likeness (QED) is 0.448. The number of aliphatic hydroxyl groups excluding tert-OH is 1. The number of fused-ring (bicyclic) bond motifs is 1. The predicted octanol–water partition coefficient (Wildman–Crippen LogP) is 2.68. The van der Waals surface area contributed by atoms with Gasteiger partial charge in [0, 0.05) is 13.0 Å². The smallest absolute Gasteiger partial charge is 0.191 e. The Morgan fingerprint density at radius 1 is 1.17 bits per heavy atom. The van der Waals surface area contributed by atoms with Crippen LogP contribution in [-0.2, 0) is 11.2 Å². The normalized spacial score (nSPS) is 17.9. The van der Waals surface area contributed by atoms with Gasteiger partial charge in [-0.15, -0.1) is 0 Å². The molecule has 0 bridgehead atoms. The molecule has 3 N–H and O–H groups in total. The molecule has 3 unspecified atom stereocenters. The van der Waals surface area contributed by atoms with Gasteiger partial charge in [0.2, 0.25) is 0 Å². The molecule has 1 aliphatic rings. The lowest BCUT2D eigenvalue weighted by Gasteiger charge is -2.17. The molecule has 0 aromatic heterocycles. The van der Waals surface area contributed by atoms with E-state index in [2.05, 4.69) is 21.7 Å². The highest BCUT2D eigenvalue weighted by atomic mass is 16.5. The minimum Gasteiger partial charge on any atom is -0.488 e. The van der Waals surface area contributed by atoms with E-state index in [0.717, 1.165) is 24.3 Å². The zero-order valence-corrected chi connectivity index (χ0v) is 17.2. The van der Waals surface area contributed by atoms with Crippen molar-refractivity contribution in [3.05, 3.63) is 65.7 Å². The van der Waals surface area contributed by atoms with E-state index in [1.54, 1.807) is 0 Å². The summed E-state index contributed by atoms with van der Waals surface area (Å²) in [5.41, 5.74) is 2.33. The minimum absolute atomic E-state index is 0.0673. The molecule has 2 aromatic rings. The molecule has 0 saturated heterocycles. The Hall–Kier alpha value is -2.57. The standard InChI is InChI=1S/C23H31N3O3/c1-3-24-23(26-15-21-13-19-11-7-8-12-22(19)29-21)25-14-20(27)16-28-17(2)18-9-5-4-6-10-18/h4-12,17,20-21,27H,3,13-16H2,1-2H3,(H2,24,25,26). The van der Waals surface area contributed by atoms with Gasteiger partial charge in [0.25, 0.3) is 0 Å². The van der Waals surface area contributed by atoms with Gasteiger partial charge in [-0.2, -0.15) is 0 Å². The summed E-state index contributed by atoms with van der Waals surface area (Å²) in [6.45, 7) is 5.90. The molecule has 29 heavy (non-hydrogen) atoms. The van der Waals surface area contributed by atoms with Crippen molar-refractivity contribution in [2.24, 2.45) is 4.99 Å². The molecule has 3 atom stereocenters. The van der Waals surface area contributed by atoms with Crippen molar-refractivity contribution < 1.29 is 14.6 Å². The number of hydrogen-bond acceptors (Lipinski definition) is 4. The highest BCUT2D eigenvalue weighted by Crippen LogP contribution is 2.27. The second-order valence-electron chi connectivity index (χ2n) is 7.19. The van der Waals surface area contributed by atoms with Crippen molar-refractivity contribution in [2.75, 3.05) is 26.2 Å². The Morgan fingerprint density at radius 2 is 1.93 bits per heavy atom. The van der Waals surface area contributed by atoms with Crippen molar-refractivity contribution >= 4 is 5.96 Å². The molecule has 2 aromatic carbocycles. The van der Waals surface area contributed by atoms with E-state index >= 15 is 0 Å². The molecule has 0 saturated carbocycles. The van der Waals surface area contributed by atoms with E-state index in [-0.39, 0.29) is 25.4 Å². The van der Waals surface area contributed by atoms with Crippen LogP contribution in [-0.4, -0.2) is 49.5 Å². The molecule has 0 radical (unpaired) electrons. The van der Waals surface area contributed by atoms with Crippen LogP contribution in [0.2, 0.25) is 0 Å². The van der Waals surface area contributed by atoms with Crippen LogP contribution in [0.15, 0.2) is 59.6 Å². The average Bonchev–Trinajstić information content (AvgIpc) is 3.17. The van der Waals surface area contributed by atoms with Crippen molar-refractivity contribution in [2.45, 2.75) is 38.6 Å². The Kier molecular flexibility index (Phi) is 7.90. The van der Waals surface area contributed by atoms with Crippen LogP contribution in [0.4, 0.5) is 0 Å². The van der Waals surface area contributed by atoms with Gasteiger partial charge in [0.15, 0.2) is 5.96 Å². The minimum atomic E-state index is -0.663. The predicted molar refractivity (Wildman–Crippen MR) is 115 cm³/mol. The van der Waals surface area contributed by atoms with Gasteiger partial charge in [-0.25, -0.2) is 0 Å². The van der Waals surface area contributed by atoms with Gasteiger partial charge in [0.1, 0.15) is 11.9 Å². The lowest BCUT2D eigenvalue weighted by molar-refractivity contribution is 0.00111. The third-order valence-electron chi connectivity index (χ3n) is 4.82. The lowest BCUT2D eigenvalue weighted by atomic mass is 10.1. The summed E-state index contributed by atoms with van der Waals surface area (Å²) in [4.78, 5) is 4.48. The third-order valence-corrected chi connectivity index (χ3v) is 4.82. The number of aliphatic imine (C=N–C) groups is 1. The number of ether oxygens (including phenoxy) is 2. The van der Waals surface area contributed by atoms with Crippen molar-refractivity contribution in [3.8, 4) is 5.75 Å². The van der Waals surface area contributed by atoms with E-state index in [1.165, 1.54) is 5.56 Å². The maximum Gasteiger partial charge on any atom is 0.191 e. The van der Waals surface area contributed by atoms with E-state index in [0.29, 0.717) is 12.5 Å². The van der Waals surface area contributed by atoms with Gasteiger partial charge in [0.05, 0.1) is 31.9 Å². The summed E-state index contributed by atoms with van der Waals surface area (Å²) in [5.74, 6) is 1.63. The number of nitrogens with one attached hydrogen (secondary N) is 2. The summed E-state index contributed by atoms with van der Waals surface area (Å²) in [7, 11) is 0. The number of rotatable bonds is 9. The monoisotopic (exact) mass is 397 g/mol. The Bertz CT molecular complexity index is 757. The molecule has 6 heteroatoms. The molecule has 0 fully saturated rings. The van der Waals surface area contributed by atoms with E-state index in [1.807, 2.05) is 62.4 Å². The Balaban J connectivity index is 1.42. The number of aliphatic hydroxyl groups is 1. The van der Waals surface area contributed by atoms with Crippen LogP contribution in [0.25, 0.3) is 0 Å². The number of para-hydroxylation sites is 1. The van der Waals surface area contributed by atoms with Crippen molar-refractivity contribution in [1.29, 1.82) is 0 Å². The van der Waals surface area contributed by atoms with Gasteiger partial charge in [-0.05, 0) is 31.0 Å². The van der Waals surface area contributed by atoms with Crippen molar-refractivity contribution in [3.63, 3.8) is 0 Å². The molecular weight excluding hydrogens is 366 g/mol. The molecule has 0 aliphatic carbocycles. The summed E-state index contributed by atoms with van der Waals surface area (Å²) >= 11 is 0. The molecule has 1 heterocycles. The third kappa shape index (κ3) is 6.48. The molecular formula is C23H31N3O3. The first-order valence-electron chi connectivity index (χ1n) is 10.3. The zero-order valence-electron chi connectivity index (χ0n) is 17.2. The SMILES string of the molecule is CCNC(=NCC(O)COC(C)c1ccccc1)NCC1Cc2ccccc2O1. The molecule has 0 amide bonds. The average molecular weight is 398 g/mol.